The molecular weight excluding hydrogens is 229 g/mol. The Labute approximate surface area is 99.5 Å². The SMILES string of the molecule is CC(C)(C)OC(=O)N1CC(CC(F)C(=O)O)C1. The van der Waals surface area contributed by atoms with Gasteiger partial charge in [0.15, 0.2) is 6.17 Å². The predicted molar refractivity (Wildman–Crippen MR) is 58.4 cm³/mol. The van der Waals surface area contributed by atoms with Crippen LogP contribution >= 0.6 is 0 Å². The zero-order valence-corrected chi connectivity index (χ0v) is 10.3. The van der Waals surface area contributed by atoms with E-state index in [4.69, 9.17) is 9.84 Å². The number of ether oxygens (including phenoxy) is 1. The number of amides is 1. The average Bonchev–Trinajstić information content (AvgIpc) is 2.06. The lowest BCUT2D eigenvalue weighted by Gasteiger charge is -2.39. The number of carboxylic acids is 1. The molecule has 1 aliphatic heterocycles. The molecule has 0 aliphatic carbocycles. The van der Waals surface area contributed by atoms with Gasteiger partial charge in [0.2, 0.25) is 0 Å². The second kappa shape index (κ2) is 4.89. The van der Waals surface area contributed by atoms with Crippen molar-refractivity contribution in [3.63, 3.8) is 0 Å². The van der Waals surface area contributed by atoms with Crippen molar-refractivity contribution in [1.82, 2.24) is 4.90 Å². The van der Waals surface area contributed by atoms with Crippen LogP contribution in [0.2, 0.25) is 0 Å². The minimum absolute atomic E-state index is 0.0470. The van der Waals surface area contributed by atoms with E-state index in [9.17, 15) is 14.0 Å². The normalized spacial score (nSPS) is 18.5. The molecule has 6 heteroatoms. The van der Waals surface area contributed by atoms with Crippen molar-refractivity contribution in [2.45, 2.75) is 39.0 Å². The number of nitrogens with zero attached hydrogens (tertiary/aromatic N) is 1. The highest BCUT2D eigenvalue weighted by molar-refractivity contribution is 5.72. The molecule has 1 atom stereocenters. The van der Waals surface area contributed by atoms with Gasteiger partial charge < -0.3 is 14.7 Å². The molecule has 0 radical (unpaired) electrons. The van der Waals surface area contributed by atoms with Crippen LogP contribution in [0, 0.1) is 5.92 Å². The van der Waals surface area contributed by atoms with E-state index in [0.29, 0.717) is 13.1 Å². The van der Waals surface area contributed by atoms with Gasteiger partial charge in [-0.05, 0) is 33.1 Å². The molecule has 1 aliphatic rings. The Morgan fingerprint density at radius 3 is 2.41 bits per heavy atom. The summed E-state index contributed by atoms with van der Waals surface area (Å²) in [5.41, 5.74) is -0.550. The number of carbonyl (C=O) groups excluding carboxylic acids is 1. The predicted octanol–water partition coefficient (Wildman–Crippen LogP) is 1.67. The van der Waals surface area contributed by atoms with Gasteiger partial charge in [-0.25, -0.2) is 14.0 Å². The summed E-state index contributed by atoms with van der Waals surface area (Å²) in [6.07, 6.45) is -2.32. The molecule has 5 nitrogen and oxygen atoms in total. The Kier molecular flexibility index (Phi) is 3.95. The highest BCUT2D eigenvalue weighted by atomic mass is 19.1. The molecule has 0 spiro atoms. The zero-order chi connectivity index (χ0) is 13.2. The Morgan fingerprint density at radius 2 is 2.00 bits per heavy atom. The van der Waals surface area contributed by atoms with E-state index in [1.165, 1.54) is 4.90 Å². The molecule has 1 heterocycles. The van der Waals surface area contributed by atoms with Crippen LogP contribution < -0.4 is 0 Å². The molecule has 1 N–H and O–H groups in total. The Morgan fingerprint density at radius 1 is 1.47 bits per heavy atom. The quantitative estimate of drug-likeness (QED) is 0.823. The summed E-state index contributed by atoms with van der Waals surface area (Å²) in [6, 6.07) is 0. The number of halogens is 1. The molecule has 1 saturated heterocycles. The minimum Gasteiger partial charge on any atom is -0.479 e. The topological polar surface area (TPSA) is 66.8 Å². The zero-order valence-electron chi connectivity index (χ0n) is 10.3. The summed E-state index contributed by atoms with van der Waals surface area (Å²) < 4.78 is 18.0. The summed E-state index contributed by atoms with van der Waals surface area (Å²) in [5, 5.41) is 8.40. The van der Waals surface area contributed by atoms with Gasteiger partial charge in [0.25, 0.3) is 0 Å². The lowest BCUT2D eigenvalue weighted by Crippen LogP contribution is -2.52. The Bertz CT molecular complexity index is 307. The van der Waals surface area contributed by atoms with Gasteiger partial charge in [-0.3, -0.25) is 0 Å². The van der Waals surface area contributed by atoms with Gasteiger partial charge in [-0.15, -0.1) is 0 Å². The standard InChI is InChI=1S/C11H18FNO4/c1-11(2,3)17-10(16)13-5-7(6-13)4-8(12)9(14)15/h7-8H,4-6H2,1-3H3,(H,14,15). The maximum absolute atomic E-state index is 12.9. The molecule has 0 saturated carbocycles. The molecular formula is C11H18FNO4. The number of hydrogen-bond donors (Lipinski definition) is 1. The largest absolute Gasteiger partial charge is 0.479 e. The molecule has 1 fully saturated rings. The lowest BCUT2D eigenvalue weighted by atomic mass is 9.94. The molecule has 1 unspecified atom stereocenters. The number of alkyl halides is 1. The third kappa shape index (κ3) is 4.20. The van der Waals surface area contributed by atoms with Gasteiger partial charge in [-0.2, -0.15) is 0 Å². The number of aliphatic carboxylic acids is 1. The van der Waals surface area contributed by atoms with Crippen molar-refractivity contribution in [3.8, 4) is 0 Å². The molecule has 1 amide bonds. The first-order valence-electron chi connectivity index (χ1n) is 5.54. The fourth-order valence-electron chi connectivity index (χ4n) is 1.59. The molecule has 98 valence electrons. The van der Waals surface area contributed by atoms with E-state index < -0.39 is 23.8 Å². The van der Waals surface area contributed by atoms with Crippen molar-refractivity contribution < 1.29 is 23.8 Å². The summed E-state index contributed by atoms with van der Waals surface area (Å²) in [5.74, 6) is -1.53. The van der Waals surface area contributed by atoms with E-state index in [0.717, 1.165) is 0 Å². The maximum Gasteiger partial charge on any atom is 0.410 e. The van der Waals surface area contributed by atoms with Crippen LogP contribution in [-0.2, 0) is 9.53 Å². The summed E-state index contributed by atoms with van der Waals surface area (Å²) in [6.45, 7) is 6.03. The first kappa shape index (κ1) is 13.7. The van der Waals surface area contributed by atoms with Crippen molar-refractivity contribution in [3.05, 3.63) is 0 Å². The highest BCUT2D eigenvalue weighted by Gasteiger charge is 2.36. The number of likely N-dealkylation sites (tertiary alicyclic amines) is 1. The molecule has 0 aromatic carbocycles. The van der Waals surface area contributed by atoms with E-state index in [1.54, 1.807) is 20.8 Å². The average molecular weight is 247 g/mol. The smallest absolute Gasteiger partial charge is 0.410 e. The van der Waals surface area contributed by atoms with Crippen molar-refractivity contribution in [2.24, 2.45) is 5.92 Å². The first-order valence-corrected chi connectivity index (χ1v) is 5.54. The van der Waals surface area contributed by atoms with E-state index in [2.05, 4.69) is 0 Å². The number of rotatable bonds is 3. The van der Waals surface area contributed by atoms with Gasteiger partial charge in [0.05, 0.1) is 0 Å². The van der Waals surface area contributed by atoms with Gasteiger partial charge in [-0.1, -0.05) is 0 Å². The summed E-state index contributed by atoms with van der Waals surface area (Å²) >= 11 is 0. The summed E-state index contributed by atoms with van der Waals surface area (Å²) in [4.78, 5) is 23.2. The van der Waals surface area contributed by atoms with E-state index in [-0.39, 0.29) is 12.3 Å². The highest BCUT2D eigenvalue weighted by Crippen LogP contribution is 2.24. The Balaban J connectivity index is 2.27. The molecule has 0 bridgehead atoms. The van der Waals surface area contributed by atoms with Crippen LogP contribution in [0.5, 0.6) is 0 Å². The number of carboxylic acid groups (broad SMARTS) is 1. The lowest BCUT2D eigenvalue weighted by molar-refractivity contribution is -0.143. The van der Waals surface area contributed by atoms with Gasteiger partial charge in [0, 0.05) is 13.1 Å². The van der Waals surface area contributed by atoms with Gasteiger partial charge in [0.1, 0.15) is 5.60 Å². The number of hydrogen-bond acceptors (Lipinski definition) is 3. The Hall–Kier alpha value is -1.33. The molecule has 17 heavy (non-hydrogen) atoms. The van der Waals surface area contributed by atoms with Gasteiger partial charge >= 0.3 is 12.1 Å². The first-order chi connectivity index (χ1) is 7.69. The minimum atomic E-state index is -1.85. The fourth-order valence-corrected chi connectivity index (χ4v) is 1.59. The fraction of sp³-hybridized carbons (Fsp3) is 0.818. The second-order valence-electron chi connectivity index (χ2n) is 5.29. The third-order valence-electron chi connectivity index (χ3n) is 2.42. The van der Waals surface area contributed by atoms with Crippen molar-refractivity contribution >= 4 is 12.1 Å². The van der Waals surface area contributed by atoms with Crippen LogP contribution in [0.25, 0.3) is 0 Å². The van der Waals surface area contributed by atoms with Crippen LogP contribution in [0.4, 0.5) is 9.18 Å². The van der Waals surface area contributed by atoms with Crippen LogP contribution in [-0.4, -0.2) is 46.9 Å². The number of carbonyl (C=O) groups is 2. The third-order valence-corrected chi connectivity index (χ3v) is 2.42. The molecule has 1 rings (SSSR count). The second-order valence-corrected chi connectivity index (χ2v) is 5.29. The molecule has 0 aromatic heterocycles. The van der Waals surface area contributed by atoms with E-state index in [1.807, 2.05) is 0 Å². The van der Waals surface area contributed by atoms with Crippen LogP contribution in [0.1, 0.15) is 27.2 Å². The van der Waals surface area contributed by atoms with Crippen molar-refractivity contribution in [1.29, 1.82) is 0 Å². The molecule has 0 aromatic rings. The van der Waals surface area contributed by atoms with Crippen molar-refractivity contribution in [2.75, 3.05) is 13.1 Å². The van der Waals surface area contributed by atoms with E-state index >= 15 is 0 Å². The van der Waals surface area contributed by atoms with Crippen LogP contribution in [0.3, 0.4) is 0 Å². The van der Waals surface area contributed by atoms with Crippen LogP contribution in [0.15, 0.2) is 0 Å². The maximum atomic E-state index is 12.9. The summed E-state index contributed by atoms with van der Waals surface area (Å²) in [7, 11) is 0. The monoisotopic (exact) mass is 247 g/mol.